The predicted molar refractivity (Wildman–Crippen MR) is 97.2 cm³/mol. The molecule has 2 aromatic rings. The van der Waals surface area contributed by atoms with E-state index < -0.39 is 5.60 Å². The fourth-order valence-electron chi connectivity index (χ4n) is 3.48. The van der Waals surface area contributed by atoms with Crippen LogP contribution in [-0.2, 0) is 11.3 Å². The van der Waals surface area contributed by atoms with Gasteiger partial charge in [0, 0.05) is 25.0 Å². The average Bonchev–Trinajstić information content (AvgIpc) is 3.11. The van der Waals surface area contributed by atoms with E-state index in [0.717, 1.165) is 50.0 Å². The Balaban J connectivity index is 1.70. The van der Waals surface area contributed by atoms with Gasteiger partial charge < -0.3 is 19.9 Å². The SMILES string of the molecule is CN(C)CCn1ccc2ccc(NC(=O)CC3(O)CCCC3)cc21. The van der Waals surface area contributed by atoms with Crippen molar-refractivity contribution >= 4 is 22.5 Å². The molecule has 3 rings (SSSR count). The van der Waals surface area contributed by atoms with E-state index in [4.69, 9.17) is 0 Å². The van der Waals surface area contributed by atoms with E-state index in [-0.39, 0.29) is 12.3 Å². The number of likely N-dealkylation sites (N-methyl/N-ethyl adjacent to an activating group) is 1. The van der Waals surface area contributed by atoms with Crippen molar-refractivity contribution in [3.05, 3.63) is 30.5 Å². The van der Waals surface area contributed by atoms with Crippen molar-refractivity contribution in [1.82, 2.24) is 9.47 Å². The lowest BCUT2D eigenvalue weighted by atomic mass is 9.97. The summed E-state index contributed by atoms with van der Waals surface area (Å²) in [5.41, 5.74) is 1.10. The second-order valence-corrected chi connectivity index (χ2v) is 7.24. The Morgan fingerprint density at radius 2 is 2.04 bits per heavy atom. The van der Waals surface area contributed by atoms with Gasteiger partial charge in [-0.3, -0.25) is 4.79 Å². The number of hydrogen-bond acceptors (Lipinski definition) is 3. The first-order valence-electron chi connectivity index (χ1n) is 8.71. The van der Waals surface area contributed by atoms with E-state index in [9.17, 15) is 9.90 Å². The normalized spacial score (nSPS) is 16.8. The van der Waals surface area contributed by atoms with Crippen LogP contribution in [0.1, 0.15) is 32.1 Å². The smallest absolute Gasteiger partial charge is 0.227 e. The molecule has 1 fully saturated rings. The third-order valence-electron chi connectivity index (χ3n) is 4.87. The highest BCUT2D eigenvalue weighted by Gasteiger charge is 2.33. The first-order chi connectivity index (χ1) is 11.5. The van der Waals surface area contributed by atoms with Crippen molar-refractivity contribution in [2.45, 2.75) is 44.2 Å². The number of carbonyl (C=O) groups is 1. The summed E-state index contributed by atoms with van der Waals surface area (Å²) in [5, 5.41) is 14.5. The van der Waals surface area contributed by atoms with Crippen LogP contribution in [0.5, 0.6) is 0 Å². The predicted octanol–water partition coefficient (Wildman–Crippen LogP) is 2.84. The molecule has 1 heterocycles. The number of nitrogens with one attached hydrogen (secondary N) is 1. The summed E-state index contributed by atoms with van der Waals surface area (Å²) in [6.45, 7) is 1.88. The van der Waals surface area contributed by atoms with Gasteiger partial charge in [-0.05, 0) is 50.5 Å². The molecule has 130 valence electrons. The zero-order chi connectivity index (χ0) is 17.2. The van der Waals surface area contributed by atoms with Gasteiger partial charge in [-0.1, -0.05) is 18.9 Å². The molecule has 0 unspecified atom stereocenters. The van der Waals surface area contributed by atoms with Crippen LogP contribution in [0.15, 0.2) is 30.5 Å². The molecule has 2 N–H and O–H groups in total. The first kappa shape index (κ1) is 17.0. The summed E-state index contributed by atoms with van der Waals surface area (Å²) in [4.78, 5) is 14.4. The molecule has 24 heavy (non-hydrogen) atoms. The summed E-state index contributed by atoms with van der Waals surface area (Å²) in [5.74, 6) is -0.106. The molecular weight excluding hydrogens is 302 g/mol. The van der Waals surface area contributed by atoms with Crippen LogP contribution in [0.2, 0.25) is 0 Å². The van der Waals surface area contributed by atoms with Crippen LogP contribution in [0.4, 0.5) is 5.69 Å². The Morgan fingerprint density at radius 3 is 2.75 bits per heavy atom. The quantitative estimate of drug-likeness (QED) is 0.857. The minimum Gasteiger partial charge on any atom is -0.389 e. The van der Waals surface area contributed by atoms with Crippen LogP contribution in [0.25, 0.3) is 10.9 Å². The molecule has 1 aliphatic carbocycles. The van der Waals surface area contributed by atoms with E-state index >= 15 is 0 Å². The first-order valence-corrected chi connectivity index (χ1v) is 8.71. The van der Waals surface area contributed by atoms with Gasteiger partial charge in [-0.15, -0.1) is 0 Å². The largest absolute Gasteiger partial charge is 0.389 e. The van der Waals surface area contributed by atoms with Gasteiger partial charge in [-0.25, -0.2) is 0 Å². The molecule has 0 atom stereocenters. The molecule has 1 aromatic carbocycles. The lowest BCUT2D eigenvalue weighted by Gasteiger charge is -2.21. The highest BCUT2D eigenvalue weighted by Crippen LogP contribution is 2.32. The zero-order valence-electron chi connectivity index (χ0n) is 14.6. The molecule has 1 aromatic heterocycles. The summed E-state index contributed by atoms with van der Waals surface area (Å²) >= 11 is 0. The number of amides is 1. The summed E-state index contributed by atoms with van der Waals surface area (Å²) in [6, 6.07) is 8.07. The summed E-state index contributed by atoms with van der Waals surface area (Å²) in [7, 11) is 4.12. The van der Waals surface area contributed by atoms with Crippen molar-refractivity contribution in [3.63, 3.8) is 0 Å². The molecule has 0 bridgehead atoms. The molecule has 1 saturated carbocycles. The van der Waals surface area contributed by atoms with E-state index in [1.54, 1.807) is 0 Å². The van der Waals surface area contributed by atoms with E-state index in [0.29, 0.717) is 0 Å². The van der Waals surface area contributed by atoms with E-state index in [1.165, 1.54) is 5.39 Å². The van der Waals surface area contributed by atoms with Crippen molar-refractivity contribution in [1.29, 1.82) is 0 Å². The molecule has 0 spiro atoms. The summed E-state index contributed by atoms with van der Waals surface area (Å²) in [6.07, 6.45) is 5.75. The minimum atomic E-state index is -0.805. The molecule has 0 radical (unpaired) electrons. The highest BCUT2D eigenvalue weighted by molar-refractivity contribution is 5.94. The third-order valence-corrected chi connectivity index (χ3v) is 4.87. The Labute approximate surface area is 143 Å². The van der Waals surface area contributed by atoms with Gasteiger partial charge in [0.25, 0.3) is 0 Å². The molecule has 1 amide bonds. The number of carbonyl (C=O) groups excluding carboxylic acids is 1. The topological polar surface area (TPSA) is 57.5 Å². The lowest BCUT2D eigenvalue weighted by molar-refractivity contribution is -0.120. The average molecular weight is 329 g/mol. The number of aromatic nitrogens is 1. The Kier molecular flexibility index (Phi) is 4.92. The van der Waals surface area contributed by atoms with Crippen molar-refractivity contribution in [2.24, 2.45) is 0 Å². The van der Waals surface area contributed by atoms with Crippen LogP contribution in [0, 0.1) is 0 Å². The van der Waals surface area contributed by atoms with E-state index in [1.807, 2.05) is 18.2 Å². The van der Waals surface area contributed by atoms with Crippen LogP contribution in [-0.4, -0.2) is 46.7 Å². The van der Waals surface area contributed by atoms with Gasteiger partial charge in [0.05, 0.1) is 17.5 Å². The van der Waals surface area contributed by atoms with Gasteiger partial charge in [0.15, 0.2) is 0 Å². The van der Waals surface area contributed by atoms with Crippen molar-refractivity contribution < 1.29 is 9.90 Å². The van der Waals surface area contributed by atoms with Crippen molar-refractivity contribution in [2.75, 3.05) is 26.0 Å². The molecule has 1 aliphatic rings. The third kappa shape index (κ3) is 3.97. The molecule has 0 saturated heterocycles. The van der Waals surface area contributed by atoms with Crippen molar-refractivity contribution in [3.8, 4) is 0 Å². The number of benzene rings is 1. The number of rotatable bonds is 6. The number of anilines is 1. The zero-order valence-corrected chi connectivity index (χ0v) is 14.6. The highest BCUT2D eigenvalue weighted by atomic mass is 16.3. The molecule has 5 nitrogen and oxygen atoms in total. The standard InChI is InChI=1S/C19H27N3O2/c1-21(2)11-12-22-10-7-15-5-6-16(13-17(15)22)20-18(23)14-19(24)8-3-4-9-19/h5-7,10,13,24H,3-4,8-9,11-12,14H2,1-2H3,(H,20,23). The van der Waals surface area contributed by atoms with Gasteiger partial charge in [0.2, 0.25) is 5.91 Å². The maximum absolute atomic E-state index is 12.3. The molecule has 0 aliphatic heterocycles. The van der Waals surface area contributed by atoms with E-state index in [2.05, 4.69) is 41.1 Å². The number of aliphatic hydroxyl groups is 1. The fourth-order valence-corrected chi connectivity index (χ4v) is 3.48. The van der Waals surface area contributed by atoms with Gasteiger partial charge >= 0.3 is 0 Å². The van der Waals surface area contributed by atoms with Gasteiger partial charge in [0.1, 0.15) is 0 Å². The lowest BCUT2D eigenvalue weighted by Crippen LogP contribution is -2.30. The van der Waals surface area contributed by atoms with Crippen LogP contribution in [0.3, 0.4) is 0 Å². The monoisotopic (exact) mass is 329 g/mol. The van der Waals surface area contributed by atoms with Crippen LogP contribution < -0.4 is 5.32 Å². The Morgan fingerprint density at radius 1 is 1.29 bits per heavy atom. The number of hydrogen-bond donors (Lipinski definition) is 2. The second kappa shape index (κ2) is 6.95. The molecular formula is C19H27N3O2. The number of nitrogens with zero attached hydrogens (tertiary/aromatic N) is 2. The maximum atomic E-state index is 12.3. The van der Waals surface area contributed by atoms with Gasteiger partial charge in [-0.2, -0.15) is 0 Å². The minimum absolute atomic E-state index is 0.106. The fraction of sp³-hybridized carbons (Fsp3) is 0.526. The second-order valence-electron chi connectivity index (χ2n) is 7.24. The number of fused-ring (bicyclic) bond motifs is 1. The maximum Gasteiger partial charge on any atom is 0.227 e. The van der Waals surface area contributed by atoms with Crippen LogP contribution >= 0.6 is 0 Å². The summed E-state index contributed by atoms with van der Waals surface area (Å²) < 4.78 is 2.20. The Hall–Kier alpha value is -1.85. The Bertz CT molecular complexity index is 714. The molecule has 5 heteroatoms.